The van der Waals surface area contributed by atoms with E-state index < -0.39 is 0 Å². The molecule has 7 unspecified atom stereocenters. The van der Waals surface area contributed by atoms with Gasteiger partial charge in [-0.1, -0.05) is 40.0 Å². The highest BCUT2D eigenvalue weighted by Crippen LogP contribution is 2.69. The van der Waals surface area contributed by atoms with Gasteiger partial charge in [0.05, 0.1) is 0 Å². The Morgan fingerprint density at radius 1 is 0.850 bits per heavy atom. The molecule has 0 aromatic carbocycles. The average Bonchev–Trinajstić information content (AvgIpc) is 2.43. The van der Waals surface area contributed by atoms with Crippen LogP contribution in [0.25, 0.3) is 0 Å². The molecule has 7 atom stereocenters. The summed E-state index contributed by atoms with van der Waals surface area (Å²) in [6, 6.07) is 0. The second-order valence-electron chi connectivity index (χ2n) is 9.29. The van der Waals surface area contributed by atoms with Crippen LogP contribution >= 0.6 is 0 Å². The summed E-state index contributed by atoms with van der Waals surface area (Å²) in [6.07, 6.45) is 15.5. The molecule has 0 aromatic rings. The maximum absolute atomic E-state index is 2.70. The standard InChI is InChI=1S/C20H34/c1-4-14-13-18-16-9-8-15-7-5-6-11-19(15,2)17(16)10-12-20(14,18)3/h14-18H,4-13H2,1-3H3. The summed E-state index contributed by atoms with van der Waals surface area (Å²) >= 11 is 0. The van der Waals surface area contributed by atoms with Gasteiger partial charge in [-0.15, -0.1) is 0 Å². The molecule has 114 valence electrons. The minimum atomic E-state index is 0.736. The van der Waals surface area contributed by atoms with Gasteiger partial charge in [-0.05, 0) is 85.4 Å². The SMILES string of the molecule is CCC1CC2C3CCC4CCCCC4(C)C3CCC12C. The van der Waals surface area contributed by atoms with Crippen molar-refractivity contribution in [3.05, 3.63) is 0 Å². The Bertz CT molecular complexity index is 385. The fraction of sp³-hybridized carbons (Fsp3) is 1.00. The van der Waals surface area contributed by atoms with Gasteiger partial charge >= 0.3 is 0 Å². The number of rotatable bonds is 1. The van der Waals surface area contributed by atoms with Crippen LogP contribution in [0.4, 0.5) is 0 Å². The molecule has 0 radical (unpaired) electrons. The van der Waals surface area contributed by atoms with Crippen molar-refractivity contribution in [3.63, 3.8) is 0 Å². The Morgan fingerprint density at radius 2 is 1.70 bits per heavy atom. The van der Waals surface area contributed by atoms with E-state index in [-0.39, 0.29) is 0 Å². The second kappa shape index (κ2) is 4.50. The molecule has 0 saturated heterocycles. The maximum atomic E-state index is 2.70. The zero-order chi connectivity index (χ0) is 14.0. The highest BCUT2D eigenvalue weighted by atomic mass is 14.7. The van der Waals surface area contributed by atoms with Crippen LogP contribution in [-0.4, -0.2) is 0 Å². The summed E-state index contributed by atoms with van der Waals surface area (Å²) in [6.45, 7) is 7.78. The van der Waals surface area contributed by atoms with E-state index in [1.165, 1.54) is 19.3 Å². The van der Waals surface area contributed by atoms with Crippen molar-refractivity contribution in [1.82, 2.24) is 0 Å². The van der Waals surface area contributed by atoms with E-state index in [0.717, 1.165) is 40.4 Å². The molecule has 4 aliphatic rings. The molecule has 4 saturated carbocycles. The minimum absolute atomic E-state index is 0.736. The smallest absolute Gasteiger partial charge is 0.0266 e. The first-order valence-electron chi connectivity index (χ1n) is 9.59. The van der Waals surface area contributed by atoms with Gasteiger partial charge in [0, 0.05) is 0 Å². The van der Waals surface area contributed by atoms with Crippen LogP contribution in [0.15, 0.2) is 0 Å². The van der Waals surface area contributed by atoms with Gasteiger partial charge in [0.15, 0.2) is 0 Å². The normalized spacial score (nSPS) is 58.0. The van der Waals surface area contributed by atoms with Gasteiger partial charge in [0.25, 0.3) is 0 Å². The molecule has 0 nitrogen and oxygen atoms in total. The molecule has 0 heterocycles. The summed E-state index contributed by atoms with van der Waals surface area (Å²) in [5.74, 6) is 5.45. The van der Waals surface area contributed by atoms with E-state index in [4.69, 9.17) is 0 Å². The number of hydrogen-bond acceptors (Lipinski definition) is 0. The summed E-state index contributed by atoms with van der Waals surface area (Å²) in [7, 11) is 0. The molecule has 0 spiro atoms. The van der Waals surface area contributed by atoms with Gasteiger partial charge in [-0.25, -0.2) is 0 Å². The third-order valence-corrected chi connectivity index (χ3v) is 8.98. The predicted octanol–water partition coefficient (Wildman–Crippen LogP) is 6.06. The molecule has 4 fully saturated rings. The fourth-order valence-electron chi connectivity index (χ4n) is 7.64. The van der Waals surface area contributed by atoms with Crippen molar-refractivity contribution in [3.8, 4) is 0 Å². The van der Waals surface area contributed by atoms with Crippen LogP contribution in [0.1, 0.15) is 85.0 Å². The molecular formula is C20H34. The summed E-state index contributed by atoms with van der Waals surface area (Å²) in [4.78, 5) is 0. The Labute approximate surface area is 126 Å². The lowest BCUT2D eigenvalue weighted by molar-refractivity contribution is -0.181. The van der Waals surface area contributed by atoms with E-state index in [1.807, 2.05) is 0 Å². The van der Waals surface area contributed by atoms with Crippen molar-refractivity contribution in [2.45, 2.75) is 85.0 Å². The van der Waals surface area contributed by atoms with Crippen LogP contribution in [-0.2, 0) is 0 Å². The highest BCUT2D eigenvalue weighted by Gasteiger charge is 2.61. The first-order chi connectivity index (χ1) is 9.59. The van der Waals surface area contributed by atoms with E-state index in [2.05, 4.69) is 20.8 Å². The first-order valence-corrected chi connectivity index (χ1v) is 9.59. The molecule has 0 N–H and O–H groups in total. The van der Waals surface area contributed by atoms with Crippen LogP contribution in [0.2, 0.25) is 0 Å². The van der Waals surface area contributed by atoms with Gasteiger partial charge in [-0.2, -0.15) is 0 Å². The summed E-state index contributed by atoms with van der Waals surface area (Å²) in [5.41, 5.74) is 1.48. The lowest BCUT2D eigenvalue weighted by Gasteiger charge is -2.67. The summed E-state index contributed by atoms with van der Waals surface area (Å²) in [5, 5.41) is 0. The zero-order valence-corrected chi connectivity index (χ0v) is 14.0. The van der Waals surface area contributed by atoms with Crippen molar-refractivity contribution in [2.24, 2.45) is 40.4 Å². The lowest BCUT2D eigenvalue weighted by atomic mass is 9.38. The van der Waals surface area contributed by atoms with Crippen molar-refractivity contribution in [2.75, 3.05) is 0 Å². The van der Waals surface area contributed by atoms with E-state index in [1.54, 1.807) is 44.9 Å². The quantitative estimate of drug-likeness (QED) is 0.545. The topological polar surface area (TPSA) is 0 Å². The predicted molar refractivity (Wildman–Crippen MR) is 85.5 cm³/mol. The van der Waals surface area contributed by atoms with Crippen LogP contribution in [0.5, 0.6) is 0 Å². The number of hydrogen-bond donors (Lipinski definition) is 0. The van der Waals surface area contributed by atoms with Gasteiger partial charge in [0.2, 0.25) is 0 Å². The third kappa shape index (κ3) is 1.60. The van der Waals surface area contributed by atoms with Gasteiger partial charge in [0.1, 0.15) is 0 Å². The Kier molecular flexibility index (Phi) is 3.07. The van der Waals surface area contributed by atoms with Crippen LogP contribution in [0, 0.1) is 40.4 Å². The second-order valence-corrected chi connectivity index (χ2v) is 9.29. The lowest BCUT2D eigenvalue weighted by Crippen LogP contribution is -2.59. The summed E-state index contributed by atoms with van der Waals surface area (Å²) < 4.78 is 0. The minimum Gasteiger partial charge on any atom is -0.0651 e. The molecule has 0 bridgehead atoms. The number of fused-ring (bicyclic) bond motifs is 5. The van der Waals surface area contributed by atoms with Gasteiger partial charge < -0.3 is 0 Å². The molecule has 4 rings (SSSR count). The first kappa shape index (κ1) is 13.6. The Hall–Kier alpha value is 0. The molecular weight excluding hydrogens is 240 g/mol. The Morgan fingerprint density at radius 3 is 2.50 bits per heavy atom. The average molecular weight is 274 g/mol. The van der Waals surface area contributed by atoms with Gasteiger partial charge in [-0.3, -0.25) is 0 Å². The largest absolute Gasteiger partial charge is 0.0651 e. The van der Waals surface area contributed by atoms with Crippen molar-refractivity contribution in [1.29, 1.82) is 0 Å². The highest BCUT2D eigenvalue weighted by molar-refractivity contribution is 5.10. The zero-order valence-electron chi connectivity index (χ0n) is 14.0. The molecule has 0 aromatic heterocycles. The molecule has 0 amide bonds. The molecule has 0 heteroatoms. The van der Waals surface area contributed by atoms with Crippen LogP contribution < -0.4 is 0 Å². The Balaban J connectivity index is 1.59. The van der Waals surface area contributed by atoms with E-state index >= 15 is 0 Å². The maximum Gasteiger partial charge on any atom is -0.0266 e. The molecule has 4 aliphatic carbocycles. The molecule has 20 heavy (non-hydrogen) atoms. The molecule has 0 aliphatic heterocycles. The van der Waals surface area contributed by atoms with E-state index in [0.29, 0.717) is 0 Å². The van der Waals surface area contributed by atoms with Crippen LogP contribution in [0.3, 0.4) is 0 Å². The van der Waals surface area contributed by atoms with E-state index in [9.17, 15) is 0 Å². The third-order valence-electron chi connectivity index (χ3n) is 8.98. The fourth-order valence-corrected chi connectivity index (χ4v) is 7.64. The van der Waals surface area contributed by atoms with Crippen molar-refractivity contribution >= 4 is 0 Å². The van der Waals surface area contributed by atoms with Crippen molar-refractivity contribution < 1.29 is 0 Å². The monoisotopic (exact) mass is 274 g/mol.